The molecule has 4 fully saturated rings. The van der Waals surface area contributed by atoms with Crippen molar-refractivity contribution in [3.8, 4) is 11.1 Å². The van der Waals surface area contributed by atoms with Crippen molar-refractivity contribution in [2.75, 3.05) is 5.32 Å². The van der Waals surface area contributed by atoms with Crippen LogP contribution in [-0.4, -0.2) is 17.0 Å². The summed E-state index contributed by atoms with van der Waals surface area (Å²) in [6.45, 7) is 0. The maximum atomic E-state index is 13.3. The number of aromatic carboxylic acids is 1. The number of thiophene rings is 1. The highest BCUT2D eigenvalue weighted by Crippen LogP contribution is 2.60. The Balaban J connectivity index is 1.45. The molecule has 0 spiro atoms. The van der Waals surface area contributed by atoms with E-state index in [0.717, 1.165) is 29.3 Å². The van der Waals surface area contributed by atoms with Crippen molar-refractivity contribution in [1.29, 1.82) is 0 Å². The van der Waals surface area contributed by atoms with Crippen LogP contribution in [0.1, 0.15) is 48.9 Å². The van der Waals surface area contributed by atoms with Gasteiger partial charge in [0, 0.05) is 15.4 Å². The summed E-state index contributed by atoms with van der Waals surface area (Å²) in [6.07, 6.45) is 6.74. The van der Waals surface area contributed by atoms with Gasteiger partial charge in [0.1, 0.15) is 10.6 Å². The molecule has 0 unspecified atom stereocenters. The molecule has 4 saturated carbocycles. The lowest BCUT2D eigenvalue weighted by atomic mass is 9.49. The van der Waals surface area contributed by atoms with Crippen molar-refractivity contribution in [1.82, 2.24) is 0 Å². The average molecular weight is 460 g/mol. The number of halogens is 1. The number of carbonyl (C=O) groups excluding carboxylic acids is 1. The van der Waals surface area contributed by atoms with Gasteiger partial charge in [-0.15, -0.1) is 11.3 Å². The van der Waals surface area contributed by atoms with Crippen LogP contribution in [0.2, 0.25) is 0 Å². The summed E-state index contributed by atoms with van der Waals surface area (Å²) in [5.41, 5.74) is 1.41. The number of hydrogen-bond donors (Lipinski definition) is 2. The fraction of sp³-hybridized carbons (Fsp3) is 0.455. The number of carboxylic acids is 1. The third-order valence-electron chi connectivity index (χ3n) is 6.91. The van der Waals surface area contributed by atoms with E-state index >= 15 is 0 Å². The molecule has 1 aromatic carbocycles. The molecule has 2 aromatic rings. The van der Waals surface area contributed by atoms with E-state index in [1.54, 1.807) is 0 Å². The highest BCUT2D eigenvalue weighted by molar-refractivity contribution is 9.10. The minimum absolute atomic E-state index is 0.0401. The lowest BCUT2D eigenvalue weighted by Gasteiger charge is -2.55. The van der Waals surface area contributed by atoms with Crippen LogP contribution in [0, 0.1) is 23.2 Å². The molecule has 0 saturated heterocycles. The summed E-state index contributed by atoms with van der Waals surface area (Å²) in [5.74, 6) is 1.08. The minimum atomic E-state index is -1.00. The quantitative estimate of drug-likeness (QED) is 0.586. The number of hydrogen-bond acceptors (Lipinski definition) is 3. The molecule has 4 aliphatic carbocycles. The number of anilines is 1. The zero-order valence-electron chi connectivity index (χ0n) is 15.4. The van der Waals surface area contributed by atoms with Gasteiger partial charge >= 0.3 is 5.97 Å². The van der Waals surface area contributed by atoms with Gasteiger partial charge in [-0.05, 0) is 74.0 Å². The lowest BCUT2D eigenvalue weighted by Crippen LogP contribution is -2.51. The SMILES string of the molecule is O=C(O)c1c(-c2ccc(Br)cc2)csc1NC(=O)C12CC3CC(CC(C3)C1)C2. The summed E-state index contributed by atoms with van der Waals surface area (Å²) >= 11 is 4.72. The number of nitrogens with one attached hydrogen (secondary N) is 1. The normalized spacial score (nSPS) is 30.4. The lowest BCUT2D eigenvalue weighted by molar-refractivity contribution is -0.140. The predicted octanol–water partition coefficient (Wildman–Crippen LogP) is 6.03. The summed E-state index contributed by atoms with van der Waals surface area (Å²) in [5, 5.41) is 15.2. The fourth-order valence-electron chi connectivity index (χ4n) is 6.13. The van der Waals surface area contributed by atoms with Crippen LogP contribution >= 0.6 is 27.3 Å². The average Bonchev–Trinajstić information content (AvgIpc) is 3.05. The molecule has 0 aliphatic heterocycles. The van der Waals surface area contributed by atoms with E-state index in [9.17, 15) is 14.7 Å². The van der Waals surface area contributed by atoms with E-state index in [4.69, 9.17) is 0 Å². The standard InChI is InChI=1S/C22H22BrNO3S/c23-16-3-1-15(2-4-16)17-11-28-19(18(17)20(25)26)24-21(27)22-8-12-5-13(9-22)7-14(6-12)10-22/h1-4,11-14H,5-10H2,(H,24,27)(H,25,26). The molecule has 146 valence electrons. The predicted molar refractivity (Wildman–Crippen MR) is 114 cm³/mol. The van der Waals surface area contributed by atoms with Gasteiger partial charge in [-0.2, -0.15) is 0 Å². The Kier molecular flexibility index (Phi) is 4.40. The Morgan fingerprint density at radius 1 is 1.04 bits per heavy atom. The summed E-state index contributed by atoms with van der Waals surface area (Å²) < 4.78 is 0.943. The topological polar surface area (TPSA) is 66.4 Å². The smallest absolute Gasteiger partial charge is 0.339 e. The second kappa shape index (κ2) is 6.70. The van der Waals surface area contributed by atoms with Gasteiger partial charge in [0.05, 0.1) is 5.41 Å². The molecule has 1 aromatic heterocycles. The maximum Gasteiger partial charge on any atom is 0.339 e. The second-order valence-corrected chi connectivity index (χ2v) is 10.6. The molecule has 2 N–H and O–H groups in total. The molecule has 28 heavy (non-hydrogen) atoms. The van der Waals surface area contributed by atoms with Gasteiger partial charge in [0.15, 0.2) is 0 Å². The highest BCUT2D eigenvalue weighted by Gasteiger charge is 2.54. The van der Waals surface area contributed by atoms with Crippen LogP contribution in [0.5, 0.6) is 0 Å². The first-order chi connectivity index (χ1) is 13.4. The van der Waals surface area contributed by atoms with Crippen LogP contribution in [0.3, 0.4) is 0 Å². The maximum absolute atomic E-state index is 13.3. The molecule has 1 heterocycles. The zero-order chi connectivity index (χ0) is 19.5. The van der Waals surface area contributed by atoms with Crippen LogP contribution in [0.4, 0.5) is 5.00 Å². The van der Waals surface area contributed by atoms with E-state index in [0.29, 0.717) is 28.3 Å². The van der Waals surface area contributed by atoms with Crippen LogP contribution in [0.25, 0.3) is 11.1 Å². The minimum Gasteiger partial charge on any atom is -0.478 e. The molecule has 4 bridgehead atoms. The van der Waals surface area contributed by atoms with E-state index < -0.39 is 5.97 Å². The number of benzene rings is 1. The summed E-state index contributed by atoms with van der Waals surface area (Å²) in [4.78, 5) is 25.3. The van der Waals surface area contributed by atoms with E-state index in [2.05, 4.69) is 21.2 Å². The van der Waals surface area contributed by atoms with Crippen molar-refractivity contribution in [2.45, 2.75) is 38.5 Å². The van der Waals surface area contributed by atoms with Crippen LogP contribution < -0.4 is 5.32 Å². The first kappa shape index (κ1) is 18.4. The first-order valence-corrected chi connectivity index (χ1v) is 11.5. The molecule has 4 aliphatic rings. The molecular weight excluding hydrogens is 438 g/mol. The molecule has 0 radical (unpaired) electrons. The Hall–Kier alpha value is -1.66. The zero-order valence-corrected chi connectivity index (χ0v) is 17.8. The summed E-state index contributed by atoms with van der Waals surface area (Å²) in [6, 6.07) is 7.57. The Morgan fingerprint density at radius 3 is 2.14 bits per heavy atom. The van der Waals surface area contributed by atoms with E-state index in [-0.39, 0.29) is 16.9 Å². The Labute approximate surface area is 176 Å². The third-order valence-corrected chi connectivity index (χ3v) is 8.33. The fourth-order valence-corrected chi connectivity index (χ4v) is 7.35. The van der Waals surface area contributed by atoms with Gasteiger partial charge < -0.3 is 10.4 Å². The molecule has 1 amide bonds. The molecule has 0 atom stereocenters. The van der Waals surface area contributed by atoms with Gasteiger partial charge in [-0.1, -0.05) is 28.1 Å². The van der Waals surface area contributed by atoms with Crippen LogP contribution in [-0.2, 0) is 4.79 Å². The monoisotopic (exact) mass is 459 g/mol. The molecule has 6 heteroatoms. The van der Waals surface area contributed by atoms with Gasteiger partial charge in [-0.3, -0.25) is 4.79 Å². The Morgan fingerprint density at radius 2 is 1.61 bits per heavy atom. The van der Waals surface area contributed by atoms with E-state index in [1.807, 2.05) is 29.6 Å². The molecule has 4 nitrogen and oxygen atoms in total. The number of carbonyl (C=O) groups is 2. The number of rotatable bonds is 4. The van der Waals surface area contributed by atoms with E-state index in [1.165, 1.54) is 30.6 Å². The molecular formula is C22H22BrNO3S. The van der Waals surface area contributed by atoms with Crippen molar-refractivity contribution < 1.29 is 14.7 Å². The van der Waals surface area contributed by atoms with Crippen molar-refractivity contribution in [3.63, 3.8) is 0 Å². The van der Waals surface area contributed by atoms with Crippen molar-refractivity contribution in [3.05, 3.63) is 39.7 Å². The second-order valence-electron chi connectivity index (χ2n) is 8.82. The van der Waals surface area contributed by atoms with Crippen LogP contribution in [0.15, 0.2) is 34.1 Å². The van der Waals surface area contributed by atoms with Crippen molar-refractivity contribution >= 4 is 44.1 Å². The number of amides is 1. The summed E-state index contributed by atoms with van der Waals surface area (Å²) in [7, 11) is 0. The Bertz CT molecular complexity index is 914. The van der Waals surface area contributed by atoms with Gasteiger partial charge in [0.25, 0.3) is 0 Å². The largest absolute Gasteiger partial charge is 0.478 e. The third kappa shape index (κ3) is 3.01. The van der Waals surface area contributed by atoms with Gasteiger partial charge in [-0.25, -0.2) is 4.79 Å². The highest BCUT2D eigenvalue weighted by atomic mass is 79.9. The number of carboxylic acid groups (broad SMARTS) is 1. The first-order valence-electron chi connectivity index (χ1n) is 9.86. The van der Waals surface area contributed by atoms with Crippen molar-refractivity contribution in [2.24, 2.45) is 23.2 Å². The van der Waals surface area contributed by atoms with Gasteiger partial charge in [0.2, 0.25) is 5.91 Å². The molecule has 6 rings (SSSR count).